The number of carbonyl (C=O) groups is 4. The normalized spacial score (nSPS) is 14.0. The van der Waals surface area contributed by atoms with Gasteiger partial charge in [0.25, 0.3) is 0 Å². The van der Waals surface area contributed by atoms with Gasteiger partial charge in [0.1, 0.15) is 13.2 Å². The van der Waals surface area contributed by atoms with Gasteiger partial charge in [-0.25, -0.2) is 14.4 Å². The van der Waals surface area contributed by atoms with Crippen LogP contribution in [0.25, 0.3) is 0 Å². The number of carbonyl (C=O) groups excluding carboxylic acids is 4. The molecule has 1 atom stereocenters. The number of fused-ring (bicyclic) bond motifs is 1. The lowest BCUT2D eigenvalue weighted by molar-refractivity contribution is -0.149. The van der Waals surface area contributed by atoms with Gasteiger partial charge in [-0.1, -0.05) is 85.1 Å². The highest BCUT2D eigenvalue weighted by molar-refractivity contribution is 6.14. The molecule has 0 spiro atoms. The van der Waals surface area contributed by atoms with Gasteiger partial charge >= 0.3 is 23.9 Å². The zero-order valence-electron chi connectivity index (χ0n) is 25.2. The summed E-state index contributed by atoms with van der Waals surface area (Å²) in [5, 5.41) is 9.72. The first-order valence-corrected chi connectivity index (χ1v) is 14.2. The van der Waals surface area contributed by atoms with Crippen LogP contribution < -0.4 is 0 Å². The van der Waals surface area contributed by atoms with Crippen LogP contribution in [-0.2, 0) is 24.4 Å². The van der Waals surface area contributed by atoms with E-state index in [0.29, 0.717) is 29.0 Å². The summed E-state index contributed by atoms with van der Waals surface area (Å²) in [5.74, 6) is -1.15. The van der Waals surface area contributed by atoms with Crippen molar-refractivity contribution < 1.29 is 38.5 Å². The van der Waals surface area contributed by atoms with Crippen LogP contribution in [0, 0.1) is 11.3 Å². The van der Waals surface area contributed by atoms with Crippen LogP contribution in [0.1, 0.15) is 110 Å². The number of rotatable bonds is 12. The largest absolute Gasteiger partial charge is 0.465 e. The van der Waals surface area contributed by atoms with Crippen molar-refractivity contribution >= 4 is 23.9 Å². The smallest absolute Gasteiger partial charge is 0.346 e. The molecule has 41 heavy (non-hydrogen) atoms. The molecule has 1 heterocycles. The monoisotopic (exact) mass is 568 g/mol. The molecule has 2 aromatic rings. The molecule has 1 unspecified atom stereocenters. The molecule has 8 nitrogen and oxygen atoms in total. The van der Waals surface area contributed by atoms with Crippen LogP contribution in [0.5, 0.6) is 0 Å². The molecule has 1 N–H and O–H groups in total. The maximum atomic E-state index is 12.3. The molecule has 1 aliphatic rings. The number of esters is 4. The summed E-state index contributed by atoms with van der Waals surface area (Å²) in [6, 6.07) is 13.9. The second-order valence-corrected chi connectivity index (χ2v) is 12.2. The van der Waals surface area contributed by atoms with Crippen molar-refractivity contribution in [2.45, 2.75) is 79.1 Å². The highest BCUT2D eigenvalue weighted by Crippen LogP contribution is 2.23. The molecule has 2 aromatic carbocycles. The SMILES string of the molecule is CC(C)CCCCCC(=O)OCC(C)(CO)COC(=O)c1ccc(C(C)(C)C)cc1.O=C1OC(=O)c2ccccc21. The standard InChI is InChI=1S/C25H40O5.C8H4O3/c1-19(2)10-8-7-9-11-22(27)29-17-25(6,16-26)18-30-23(28)20-12-14-21(15-13-20)24(3,4)5;9-7-5-3-1-2-4-6(5)8(10)11-7/h12-15,19,26H,7-11,16-18H2,1-6H3;1-4H. The average molecular weight is 569 g/mol. The summed E-state index contributed by atoms with van der Waals surface area (Å²) in [7, 11) is 0. The number of hydrogen-bond acceptors (Lipinski definition) is 8. The van der Waals surface area contributed by atoms with Crippen LogP contribution in [0.2, 0.25) is 0 Å². The van der Waals surface area contributed by atoms with Gasteiger partial charge in [-0.15, -0.1) is 0 Å². The van der Waals surface area contributed by atoms with Gasteiger partial charge in [-0.2, -0.15) is 0 Å². The summed E-state index contributed by atoms with van der Waals surface area (Å²) in [6.07, 6.45) is 4.48. The van der Waals surface area contributed by atoms with Gasteiger partial charge in [0, 0.05) is 6.42 Å². The molecule has 0 amide bonds. The minimum Gasteiger partial charge on any atom is -0.465 e. The van der Waals surface area contributed by atoms with Gasteiger partial charge in [0.05, 0.1) is 28.7 Å². The highest BCUT2D eigenvalue weighted by atomic mass is 16.6. The molecule has 0 fully saturated rings. The lowest BCUT2D eigenvalue weighted by Crippen LogP contribution is -2.35. The zero-order valence-corrected chi connectivity index (χ0v) is 25.2. The highest BCUT2D eigenvalue weighted by Gasteiger charge is 2.29. The van der Waals surface area contributed by atoms with Gasteiger partial charge < -0.3 is 19.3 Å². The van der Waals surface area contributed by atoms with E-state index in [-0.39, 0.29) is 31.2 Å². The van der Waals surface area contributed by atoms with E-state index >= 15 is 0 Å². The van der Waals surface area contributed by atoms with E-state index < -0.39 is 23.3 Å². The Morgan fingerprint density at radius 1 is 0.829 bits per heavy atom. The fourth-order valence-electron chi connectivity index (χ4n) is 3.92. The minimum absolute atomic E-state index is 0.0101. The molecule has 0 saturated carbocycles. The van der Waals surface area contributed by atoms with Crippen molar-refractivity contribution in [2.75, 3.05) is 19.8 Å². The maximum Gasteiger partial charge on any atom is 0.346 e. The molecule has 8 heteroatoms. The summed E-state index contributed by atoms with van der Waals surface area (Å²) in [4.78, 5) is 46.0. The molecule has 0 bridgehead atoms. The van der Waals surface area contributed by atoms with Crippen LogP contribution >= 0.6 is 0 Å². The second kappa shape index (κ2) is 15.5. The summed E-state index contributed by atoms with van der Waals surface area (Å²) >= 11 is 0. The van der Waals surface area contributed by atoms with Gasteiger partial charge in [-0.05, 0) is 47.6 Å². The van der Waals surface area contributed by atoms with E-state index in [0.717, 1.165) is 24.8 Å². The maximum absolute atomic E-state index is 12.3. The molecule has 224 valence electrons. The second-order valence-electron chi connectivity index (χ2n) is 12.2. The zero-order chi connectivity index (χ0) is 30.6. The number of hydrogen-bond donors (Lipinski definition) is 1. The average Bonchev–Trinajstić information content (AvgIpc) is 3.23. The van der Waals surface area contributed by atoms with Crippen LogP contribution in [0.3, 0.4) is 0 Å². The number of benzene rings is 2. The lowest BCUT2D eigenvalue weighted by atomic mass is 9.87. The van der Waals surface area contributed by atoms with E-state index in [1.807, 2.05) is 12.1 Å². The Balaban J connectivity index is 0.000000438. The first-order valence-electron chi connectivity index (χ1n) is 14.2. The van der Waals surface area contributed by atoms with Crippen LogP contribution in [-0.4, -0.2) is 48.8 Å². The fraction of sp³-hybridized carbons (Fsp3) is 0.515. The molecule has 0 aliphatic carbocycles. The van der Waals surface area contributed by atoms with E-state index in [1.54, 1.807) is 43.3 Å². The third kappa shape index (κ3) is 11.1. The van der Waals surface area contributed by atoms with Gasteiger partial charge in [0.2, 0.25) is 0 Å². The topological polar surface area (TPSA) is 116 Å². The van der Waals surface area contributed by atoms with Gasteiger partial charge in [0.15, 0.2) is 0 Å². The van der Waals surface area contributed by atoms with Crippen LogP contribution in [0.4, 0.5) is 0 Å². The van der Waals surface area contributed by atoms with Crippen molar-refractivity contribution in [1.29, 1.82) is 0 Å². The molecule has 0 saturated heterocycles. The van der Waals surface area contributed by atoms with Gasteiger partial charge in [-0.3, -0.25) is 4.79 Å². The fourth-order valence-corrected chi connectivity index (χ4v) is 3.92. The Hall–Kier alpha value is -3.52. The van der Waals surface area contributed by atoms with Crippen molar-refractivity contribution in [3.05, 3.63) is 70.8 Å². The van der Waals surface area contributed by atoms with Crippen molar-refractivity contribution in [3.63, 3.8) is 0 Å². The quantitative estimate of drug-likeness (QED) is 0.138. The first kappa shape index (κ1) is 33.7. The van der Waals surface area contributed by atoms with E-state index in [2.05, 4.69) is 39.4 Å². The van der Waals surface area contributed by atoms with Crippen LogP contribution in [0.15, 0.2) is 48.5 Å². The van der Waals surface area contributed by atoms with E-state index in [4.69, 9.17) is 9.47 Å². The molecule has 1 aliphatic heterocycles. The predicted molar refractivity (Wildman–Crippen MR) is 156 cm³/mol. The van der Waals surface area contributed by atoms with E-state index in [1.165, 1.54) is 6.42 Å². The number of aliphatic hydroxyl groups excluding tert-OH is 1. The predicted octanol–water partition coefficient (Wildman–Crippen LogP) is 6.29. The Morgan fingerprint density at radius 2 is 1.39 bits per heavy atom. The third-order valence-electron chi connectivity index (χ3n) is 6.72. The van der Waals surface area contributed by atoms with Crippen molar-refractivity contribution in [2.24, 2.45) is 11.3 Å². The van der Waals surface area contributed by atoms with E-state index in [9.17, 15) is 24.3 Å². The summed E-state index contributed by atoms with van der Waals surface area (Å²) in [6.45, 7) is 12.2. The Bertz CT molecular complexity index is 1140. The molecule has 0 radical (unpaired) electrons. The third-order valence-corrected chi connectivity index (χ3v) is 6.72. The number of ether oxygens (including phenoxy) is 3. The summed E-state index contributed by atoms with van der Waals surface area (Å²) < 4.78 is 15.1. The Kier molecular flexibility index (Phi) is 12.7. The first-order chi connectivity index (χ1) is 19.3. The molecular weight excluding hydrogens is 524 g/mol. The van der Waals surface area contributed by atoms with Crippen molar-refractivity contribution in [1.82, 2.24) is 0 Å². The minimum atomic E-state index is -0.825. The molecular formula is C33H44O8. The molecule has 3 rings (SSSR count). The number of unbranched alkanes of at least 4 members (excludes halogenated alkanes) is 2. The van der Waals surface area contributed by atoms with Crippen molar-refractivity contribution in [3.8, 4) is 0 Å². The number of cyclic esters (lactones) is 2. The Morgan fingerprint density at radius 3 is 1.90 bits per heavy atom. The summed E-state index contributed by atoms with van der Waals surface area (Å²) in [5.41, 5.74) is 1.50. The molecule has 0 aromatic heterocycles. The lowest BCUT2D eigenvalue weighted by Gasteiger charge is -2.26. The number of aliphatic hydroxyl groups is 1. The Labute approximate surface area is 243 Å².